The minimum absolute atomic E-state index is 0.307. The van der Waals surface area contributed by atoms with Gasteiger partial charge in [0.15, 0.2) is 0 Å². The second-order valence-corrected chi connectivity index (χ2v) is 4.44. The number of imidazole rings is 1. The van der Waals surface area contributed by atoms with Gasteiger partial charge in [0.2, 0.25) is 0 Å². The third-order valence-corrected chi connectivity index (χ3v) is 2.81. The summed E-state index contributed by atoms with van der Waals surface area (Å²) >= 11 is 0. The van der Waals surface area contributed by atoms with Crippen LogP contribution in [-0.2, 0) is 0 Å². The van der Waals surface area contributed by atoms with E-state index in [-0.39, 0.29) is 0 Å². The molecule has 1 aromatic carbocycles. The highest BCUT2D eigenvalue weighted by Crippen LogP contribution is 2.28. The summed E-state index contributed by atoms with van der Waals surface area (Å²) in [4.78, 5) is 4.39. The van der Waals surface area contributed by atoms with E-state index in [9.17, 15) is 0 Å². The van der Waals surface area contributed by atoms with E-state index < -0.39 is 0 Å². The van der Waals surface area contributed by atoms with Crippen LogP contribution in [0.15, 0.2) is 30.6 Å². The molecule has 1 aromatic heterocycles. The maximum absolute atomic E-state index is 6.12. The molecule has 96 valence electrons. The molecular formula is C14H19N3O. The molecule has 0 radical (unpaired) electrons. The molecule has 0 aliphatic heterocycles. The third-order valence-electron chi connectivity index (χ3n) is 2.81. The molecule has 0 spiro atoms. The van der Waals surface area contributed by atoms with Gasteiger partial charge in [0.05, 0.1) is 12.9 Å². The lowest BCUT2D eigenvalue weighted by molar-refractivity contribution is 0.340. The van der Waals surface area contributed by atoms with Crippen molar-refractivity contribution in [3.05, 3.63) is 30.6 Å². The van der Waals surface area contributed by atoms with Crippen molar-refractivity contribution in [1.29, 1.82) is 0 Å². The number of rotatable bonds is 4. The number of aromatic nitrogens is 2. The molecule has 4 heteroatoms. The van der Waals surface area contributed by atoms with E-state index in [1.807, 2.05) is 35.8 Å². The predicted octanol–water partition coefficient (Wildman–Crippen LogP) is 3.11. The zero-order valence-electron chi connectivity index (χ0n) is 11.1. The first-order valence-corrected chi connectivity index (χ1v) is 6.19. The Bertz CT molecular complexity index is 532. The number of hydrogen-bond donors (Lipinski definition) is 1. The third kappa shape index (κ3) is 2.32. The minimum atomic E-state index is 0.307. The normalized spacial score (nSPS) is 10.9. The first-order chi connectivity index (χ1) is 8.63. The Hall–Kier alpha value is -1.97. The molecule has 18 heavy (non-hydrogen) atoms. The largest absolute Gasteiger partial charge is 0.494 e. The van der Waals surface area contributed by atoms with Crippen LogP contribution in [0.4, 0.5) is 5.82 Å². The van der Waals surface area contributed by atoms with E-state index in [4.69, 9.17) is 10.5 Å². The number of benzene rings is 1. The molecule has 2 rings (SSSR count). The second kappa shape index (κ2) is 5.12. The lowest BCUT2D eigenvalue weighted by Gasteiger charge is -2.09. The van der Waals surface area contributed by atoms with Crippen LogP contribution in [0.5, 0.6) is 5.75 Å². The fourth-order valence-corrected chi connectivity index (χ4v) is 1.90. The topological polar surface area (TPSA) is 53.1 Å². The van der Waals surface area contributed by atoms with Crippen molar-refractivity contribution in [3.63, 3.8) is 0 Å². The quantitative estimate of drug-likeness (QED) is 0.900. The van der Waals surface area contributed by atoms with Gasteiger partial charge in [0, 0.05) is 11.6 Å². The summed E-state index contributed by atoms with van der Waals surface area (Å²) in [6.07, 6.45) is 1.78. The second-order valence-electron chi connectivity index (χ2n) is 4.44. The van der Waals surface area contributed by atoms with E-state index in [0.29, 0.717) is 18.5 Å². The molecule has 1 heterocycles. The van der Waals surface area contributed by atoms with E-state index >= 15 is 0 Å². The van der Waals surface area contributed by atoms with Gasteiger partial charge in [0.25, 0.3) is 0 Å². The lowest BCUT2D eigenvalue weighted by atomic mass is 10.1. The number of nitrogens with two attached hydrogens (primary N) is 1. The molecule has 4 nitrogen and oxygen atoms in total. The van der Waals surface area contributed by atoms with Gasteiger partial charge >= 0.3 is 0 Å². The van der Waals surface area contributed by atoms with Gasteiger partial charge in [-0.25, -0.2) is 4.98 Å². The standard InChI is InChI=1S/C14H19N3O/c1-4-18-12-7-5-6-11(8-12)13-14(15)17(9-16-13)10(2)3/h5-10H,4,15H2,1-3H3. The number of anilines is 1. The maximum Gasteiger partial charge on any atom is 0.131 e. The Balaban J connectivity index is 2.39. The van der Waals surface area contributed by atoms with Crippen LogP contribution in [0.3, 0.4) is 0 Å². The van der Waals surface area contributed by atoms with Gasteiger partial charge in [0.1, 0.15) is 17.3 Å². The van der Waals surface area contributed by atoms with Gasteiger partial charge < -0.3 is 15.0 Å². The Morgan fingerprint density at radius 1 is 1.39 bits per heavy atom. The van der Waals surface area contributed by atoms with Crippen LogP contribution in [0.25, 0.3) is 11.3 Å². The number of ether oxygens (including phenoxy) is 1. The van der Waals surface area contributed by atoms with Crippen molar-refractivity contribution in [3.8, 4) is 17.0 Å². The smallest absolute Gasteiger partial charge is 0.131 e. The van der Waals surface area contributed by atoms with E-state index in [2.05, 4.69) is 18.8 Å². The monoisotopic (exact) mass is 245 g/mol. The predicted molar refractivity (Wildman–Crippen MR) is 73.6 cm³/mol. The Morgan fingerprint density at radius 3 is 2.78 bits per heavy atom. The summed E-state index contributed by atoms with van der Waals surface area (Å²) in [6, 6.07) is 8.15. The average molecular weight is 245 g/mol. The zero-order chi connectivity index (χ0) is 13.1. The summed E-state index contributed by atoms with van der Waals surface area (Å²) in [5.74, 6) is 1.53. The fraction of sp³-hybridized carbons (Fsp3) is 0.357. The molecule has 0 aliphatic rings. The summed E-state index contributed by atoms with van der Waals surface area (Å²) in [5, 5.41) is 0. The number of nitrogens with zero attached hydrogens (tertiary/aromatic N) is 2. The lowest BCUT2D eigenvalue weighted by Crippen LogP contribution is -2.04. The molecule has 0 saturated carbocycles. The van der Waals surface area contributed by atoms with Crippen LogP contribution in [-0.4, -0.2) is 16.2 Å². The van der Waals surface area contributed by atoms with Crippen molar-refractivity contribution in [2.75, 3.05) is 12.3 Å². The molecule has 0 saturated heterocycles. The van der Waals surface area contributed by atoms with Gasteiger partial charge in [-0.05, 0) is 32.9 Å². The van der Waals surface area contributed by atoms with Gasteiger partial charge in [-0.3, -0.25) is 0 Å². The van der Waals surface area contributed by atoms with Crippen LogP contribution in [0.1, 0.15) is 26.8 Å². The summed E-state index contributed by atoms with van der Waals surface area (Å²) in [7, 11) is 0. The van der Waals surface area contributed by atoms with E-state index in [1.165, 1.54) is 0 Å². The van der Waals surface area contributed by atoms with Crippen LogP contribution >= 0.6 is 0 Å². The maximum atomic E-state index is 6.12. The average Bonchev–Trinajstić information content (AvgIpc) is 2.72. The van der Waals surface area contributed by atoms with Crippen molar-refractivity contribution in [1.82, 2.24) is 9.55 Å². The van der Waals surface area contributed by atoms with Crippen molar-refractivity contribution < 1.29 is 4.74 Å². The molecule has 0 aliphatic carbocycles. The molecule has 0 atom stereocenters. The van der Waals surface area contributed by atoms with Gasteiger partial charge in [-0.2, -0.15) is 0 Å². The Morgan fingerprint density at radius 2 is 2.17 bits per heavy atom. The highest BCUT2D eigenvalue weighted by atomic mass is 16.5. The molecular weight excluding hydrogens is 226 g/mol. The van der Waals surface area contributed by atoms with Gasteiger partial charge in [-0.15, -0.1) is 0 Å². The Kier molecular flexibility index (Phi) is 3.55. The molecule has 2 N–H and O–H groups in total. The minimum Gasteiger partial charge on any atom is -0.494 e. The Labute approximate surface area is 107 Å². The zero-order valence-corrected chi connectivity index (χ0v) is 11.1. The first-order valence-electron chi connectivity index (χ1n) is 6.19. The molecule has 0 unspecified atom stereocenters. The van der Waals surface area contributed by atoms with Crippen LogP contribution in [0, 0.1) is 0 Å². The number of nitrogen functional groups attached to an aromatic ring is 1. The highest BCUT2D eigenvalue weighted by Gasteiger charge is 2.12. The first kappa shape index (κ1) is 12.5. The SMILES string of the molecule is CCOc1cccc(-c2ncn(C(C)C)c2N)c1. The van der Waals surface area contributed by atoms with Crippen molar-refractivity contribution >= 4 is 5.82 Å². The number of hydrogen-bond acceptors (Lipinski definition) is 3. The van der Waals surface area contributed by atoms with Gasteiger partial charge in [-0.1, -0.05) is 12.1 Å². The van der Waals surface area contributed by atoms with Crippen molar-refractivity contribution in [2.45, 2.75) is 26.8 Å². The molecule has 0 fully saturated rings. The molecule has 2 aromatic rings. The van der Waals surface area contributed by atoms with Crippen LogP contribution < -0.4 is 10.5 Å². The fourth-order valence-electron chi connectivity index (χ4n) is 1.90. The highest BCUT2D eigenvalue weighted by molar-refractivity contribution is 5.71. The summed E-state index contributed by atoms with van der Waals surface area (Å²) in [5.41, 5.74) is 7.91. The van der Waals surface area contributed by atoms with Crippen LogP contribution in [0.2, 0.25) is 0 Å². The molecule has 0 bridgehead atoms. The van der Waals surface area contributed by atoms with E-state index in [0.717, 1.165) is 17.0 Å². The summed E-state index contributed by atoms with van der Waals surface area (Å²) < 4.78 is 7.45. The molecule has 0 amide bonds. The van der Waals surface area contributed by atoms with Crippen molar-refractivity contribution in [2.24, 2.45) is 0 Å². The summed E-state index contributed by atoms with van der Waals surface area (Å²) in [6.45, 7) is 6.78. The van der Waals surface area contributed by atoms with E-state index in [1.54, 1.807) is 6.33 Å².